The summed E-state index contributed by atoms with van der Waals surface area (Å²) in [7, 11) is 6.74. The second kappa shape index (κ2) is 22.7. The van der Waals surface area contributed by atoms with E-state index < -0.39 is 0 Å². The van der Waals surface area contributed by atoms with Gasteiger partial charge < -0.3 is 34.1 Å². The summed E-state index contributed by atoms with van der Waals surface area (Å²) in [5.74, 6) is 0.185. The minimum Gasteiger partial charge on any atom is -0.494 e. The Kier molecular flexibility index (Phi) is 14.3. The van der Waals surface area contributed by atoms with Gasteiger partial charge in [0.05, 0.1) is 47.8 Å². The lowest BCUT2D eigenvalue weighted by molar-refractivity contribution is 0.0982. The second-order valence-corrected chi connectivity index (χ2v) is 21.4. The van der Waals surface area contributed by atoms with Crippen molar-refractivity contribution in [1.29, 1.82) is 0 Å². The molecule has 13 aromatic rings. The van der Waals surface area contributed by atoms with Crippen LogP contribution in [0.15, 0.2) is 227 Å². The summed E-state index contributed by atoms with van der Waals surface area (Å²) < 4.78 is 12.4. The number of amides is 2. The number of methoxy groups -OCH3 is 2. The van der Waals surface area contributed by atoms with Crippen LogP contribution in [-0.2, 0) is 12.8 Å². The molecular weight excluding hydrogens is 1070 g/mol. The first-order chi connectivity index (χ1) is 42.0. The Morgan fingerprint density at radius 1 is 0.442 bits per heavy atom. The molecule has 13 rings (SSSR count). The Balaban J connectivity index is 0.868. The summed E-state index contributed by atoms with van der Waals surface area (Å²) in [6.07, 6.45) is 1.53. The zero-order valence-corrected chi connectivity index (χ0v) is 48.8. The zero-order valence-electron chi connectivity index (χ0n) is 48.8. The number of aromatic amines is 2. The summed E-state index contributed by atoms with van der Waals surface area (Å²) in [5.41, 5.74) is 14.1. The van der Waals surface area contributed by atoms with Crippen LogP contribution in [0.4, 0.5) is 51.2 Å². The smallest absolute Gasteiger partial charge is 0.261 e. The van der Waals surface area contributed by atoms with Gasteiger partial charge in [-0.25, -0.2) is 0 Å². The molecule has 0 aliphatic carbocycles. The van der Waals surface area contributed by atoms with Crippen molar-refractivity contribution in [2.24, 2.45) is 20.5 Å². The van der Waals surface area contributed by atoms with Gasteiger partial charge in [-0.3, -0.25) is 9.59 Å². The number of rotatable bonds is 15. The molecule has 2 aromatic heterocycles. The molecule has 0 atom stereocenters. The molecule has 0 aliphatic rings. The monoisotopic (exact) mass is 1130 g/mol. The molecule has 86 heavy (non-hydrogen) atoms. The fourth-order valence-corrected chi connectivity index (χ4v) is 12.0. The molecule has 0 fully saturated rings. The van der Waals surface area contributed by atoms with Gasteiger partial charge in [0.2, 0.25) is 0 Å². The number of aromatic nitrogens is 2. The normalized spacial score (nSPS) is 11.8. The lowest BCUT2D eigenvalue weighted by atomic mass is 9.99. The number of nitrogens with one attached hydrogen (secondary N) is 2. The van der Waals surface area contributed by atoms with Gasteiger partial charge in [0.1, 0.15) is 11.4 Å². The van der Waals surface area contributed by atoms with E-state index in [0.717, 1.165) is 123 Å². The predicted octanol–water partition coefficient (Wildman–Crippen LogP) is 19.6. The fraction of sp³-hybridized carbons (Fsp3) is 0.123. The van der Waals surface area contributed by atoms with Gasteiger partial charge in [-0.15, -0.1) is 10.2 Å². The summed E-state index contributed by atoms with van der Waals surface area (Å²) >= 11 is 0. The number of carbonyl (C=O) groups is 2. The van der Waals surface area contributed by atoms with Crippen LogP contribution in [-0.4, -0.2) is 50.1 Å². The molecule has 2 heterocycles. The third-order valence-corrected chi connectivity index (χ3v) is 16.4. The van der Waals surface area contributed by atoms with Crippen LogP contribution in [0.3, 0.4) is 0 Å². The maximum Gasteiger partial charge on any atom is 0.261 e. The van der Waals surface area contributed by atoms with Crippen molar-refractivity contribution in [3.63, 3.8) is 0 Å². The summed E-state index contributed by atoms with van der Waals surface area (Å²) in [5, 5.41) is 27.1. The molecule has 0 aliphatic heterocycles. The number of fused-ring (bicyclic) bond motifs is 10. The van der Waals surface area contributed by atoms with E-state index in [-0.39, 0.29) is 11.8 Å². The predicted molar refractivity (Wildman–Crippen MR) is 351 cm³/mol. The molecular formula is C73H61N9O4. The van der Waals surface area contributed by atoms with E-state index in [9.17, 15) is 9.59 Å². The van der Waals surface area contributed by atoms with Crippen LogP contribution >= 0.6 is 0 Å². The molecule has 0 bridgehead atoms. The molecule has 0 saturated heterocycles. The number of hydrogen-bond acceptors (Lipinski definition) is 9. The standard InChI is InChI=1S/C73H61N9O4/c1-8-45-18-10-16-24-62(45)80(4)72(83)58-42-47-28-40-56-54-20-12-14-22-60(54)74-66(56)64(47)68(70(58)85-6)78-76-49-30-36-52(37-31-49)82(51-34-26-44(3)27-35-51)53-38-32-50(33-39-53)77-79-69-65-48(29-41-57-55-21-13-15-23-61(55)75-67(57)65)43-59(71(69)86-7)73(84)81(5)63-25-17-11-19-46(63)9-2/h10-43,74-75H,8-9H2,1-7H3. The SMILES string of the molecule is CCc1ccccc1N(C)C(=O)c1cc2ccc3c4ccccc4[nH]c3c2c(N=Nc2ccc(N(c3ccc(C)cc3)c3ccc(N=Nc4c(OC)c(C(=O)N(C)c5ccccc5CC)cc5ccc6c7ccccc7[nH]c6c45)cc3)cc2)c1OC. The zero-order chi connectivity index (χ0) is 59.2. The topological polar surface area (TPSA) is 143 Å². The highest BCUT2D eigenvalue weighted by Gasteiger charge is 2.28. The number of benzene rings is 11. The number of azo groups is 2. The number of nitrogens with zero attached hydrogens (tertiary/aromatic N) is 7. The molecule has 2 N–H and O–H groups in total. The van der Waals surface area contributed by atoms with E-state index in [1.165, 1.54) is 0 Å². The average Bonchev–Trinajstić information content (AvgIpc) is 1.58. The maximum absolute atomic E-state index is 14.7. The summed E-state index contributed by atoms with van der Waals surface area (Å²) in [6, 6.07) is 68.5. The van der Waals surface area contributed by atoms with Gasteiger partial charge in [-0.05, 0) is 139 Å². The van der Waals surface area contributed by atoms with Gasteiger partial charge >= 0.3 is 0 Å². The molecule has 13 heteroatoms. The van der Waals surface area contributed by atoms with E-state index in [4.69, 9.17) is 29.9 Å². The Morgan fingerprint density at radius 2 is 0.826 bits per heavy atom. The van der Waals surface area contributed by atoms with Gasteiger partial charge in [0.25, 0.3) is 11.8 Å². The summed E-state index contributed by atoms with van der Waals surface area (Å²) in [6.45, 7) is 6.24. The maximum atomic E-state index is 14.7. The van der Waals surface area contributed by atoms with E-state index in [1.54, 1.807) is 38.1 Å². The third-order valence-electron chi connectivity index (χ3n) is 16.4. The number of anilines is 5. The van der Waals surface area contributed by atoms with Crippen LogP contribution in [0.2, 0.25) is 0 Å². The molecule has 0 unspecified atom stereocenters. The number of hydrogen-bond donors (Lipinski definition) is 2. The molecule has 2 amide bonds. The van der Waals surface area contributed by atoms with Crippen molar-refractivity contribution in [2.45, 2.75) is 33.6 Å². The highest BCUT2D eigenvalue weighted by atomic mass is 16.5. The van der Waals surface area contributed by atoms with E-state index >= 15 is 0 Å². The van der Waals surface area contributed by atoms with Crippen molar-refractivity contribution in [1.82, 2.24) is 9.97 Å². The molecule has 422 valence electrons. The first kappa shape index (κ1) is 54.3. The third kappa shape index (κ3) is 9.58. The molecule has 11 aromatic carbocycles. The van der Waals surface area contributed by atoms with Gasteiger partial charge in [0, 0.05) is 85.9 Å². The molecule has 0 spiro atoms. The minimum atomic E-state index is -0.230. The van der Waals surface area contributed by atoms with Crippen molar-refractivity contribution < 1.29 is 19.1 Å². The minimum absolute atomic E-state index is 0.230. The van der Waals surface area contributed by atoms with Crippen LogP contribution in [0, 0.1) is 6.92 Å². The molecule has 13 nitrogen and oxygen atoms in total. The van der Waals surface area contributed by atoms with Crippen LogP contribution in [0.5, 0.6) is 11.5 Å². The molecule has 0 radical (unpaired) electrons. The second-order valence-electron chi connectivity index (χ2n) is 21.4. The first-order valence-electron chi connectivity index (χ1n) is 28.8. The van der Waals surface area contributed by atoms with Gasteiger partial charge in [-0.2, -0.15) is 10.2 Å². The fourth-order valence-electron chi connectivity index (χ4n) is 12.0. The van der Waals surface area contributed by atoms with Crippen molar-refractivity contribution in [2.75, 3.05) is 43.0 Å². The van der Waals surface area contributed by atoms with Gasteiger partial charge in [0.15, 0.2) is 11.5 Å². The Morgan fingerprint density at radius 3 is 1.23 bits per heavy atom. The number of para-hydroxylation sites is 4. The number of aryl methyl sites for hydroxylation is 3. The Bertz CT molecular complexity index is 4570. The Labute approximate surface area is 497 Å². The van der Waals surface area contributed by atoms with Crippen LogP contribution in [0.25, 0.3) is 65.2 Å². The largest absolute Gasteiger partial charge is 0.494 e. The highest BCUT2D eigenvalue weighted by Crippen LogP contribution is 2.48. The quantitative estimate of drug-likeness (QED) is 0.0983. The first-order valence-corrected chi connectivity index (χ1v) is 28.8. The lowest BCUT2D eigenvalue weighted by Crippen LogP contribution is -2.27. The lowest BCUT2D eigenvalue weighted by Gasteiger charge is -2.25. The summed E-state index contributed by atoms with van der Waals surface area (Å²) in [4.78, 5) is 42.2. The van der Waals surface area contributed by atoms with Crippen molar-refractivity contribution in [3.8, 4) is 11.5 Å². The average molecular weight is 1130 g/mol. The highest BCUT2D eigenvalue weighted by molar-refractivity contribution is 6.24. The number of carbonyl (C=O) groups excluding carboxylic acids is 2. The number of H-pyrrole nitrogens is 2. The van der Waals surface area contributed by atoms with Crippen LogP contribution < -0.4 is 24.2 Å². The van der Waals surface area contributed by atoms with Crippen molar-refractivity contribution in [3.05, 3.63) is 234 Å². The Hall–Kier alpha value is -10.9. The van der Waals surface area contributed by atoms with E-state index in [0.29, 0.717) is 45.4 Å². The number of ether oxygens (including phenoxy) is 2. The van der Waals surface area contributed by atoms with E-state index in [1.807, 2.05) is 146 Å². The van der Waals surface area contributed by atoms with Crippen LogP contribution in [0.1, 0.15) is 51.3 Å². The molecule has 0 saturated carbocycles. The van der Waals surface area contributed by atoms with E-state index in [2.05, 4.69) is 96.3 Å². The van der Waals surface area contributed by atoms with Gasteiger partial charge in [-0.1, -0.05) is 129 Å². The van der Waals surface area contributed by atoms with Crippen molar-refractivity contribution >= 4 is 128 Å².